The van der Waals surface area contributed by atoms with Gasteiger partial charge in [0.15, 0.2) is 5.82 Å². The molecule has 4 heterocycles. The standard InChI is InChI=1S/C21H24N6O3/c1-14-11-19(24-26(14)3)23-18-6-4-5-16(22-18)17-13-27(9-10-30-17)21(29)15-7-8-20(28)25(2)12-15/h4-8,11-12,17H,9-10,13H2,1-3H3,(H,22,23,24). The van der Waals surface area contributed by atoms with E-state index in [0.717, 1.165) is 17.2 Å². The monoisotopic (exact) mass is 408 g/mol. The highest BCUT2D eigenvalue weighted by atomic mass is 16.5. The minimum absolute atomic E-state index is 0.128. The van der Waals surface area contributed by atoms with Gasteiger partial charge in [0.2, 0.25) is 5.56 Å². The number of rotatable bonds is 4. The topological polar surface area (TPSA) is 94.3 Å². The molecule has 1 amide bonds. The molecule has 1 saturated heterocycles. The number of nitrogens with one attached hydrogen (secondary N) is 1. The van der Waals surface area contributed by atoms with E-state index in [2.05, 4.69) is 15.4 Å². The van der Waals surface area contributed by atoms with E-state index in [9.17, 15) is 9.59 Å². The normalized spacial score (nSPS) is 16.5. The number of amides is 1. The predicted molar refractivity (Wildman–Crippen MR) is 112 cm³/mol. The molecule has 0 radical (unpaired) electrons. The lowest BCUT2D eigenvalue weighted by molar-refractivity contribution is -0.0246. The van der Waals surface area contributed by atoms with Crippen molar-refractivity contribution in [3.8, 4) is 0 Å². The van der Waals surface area contributed by atoms with Crippen molar-refractivity contribution in [3.63, 3.8) is 0 Å². The van der Waals surface area contributed by atoms with Gasteiger partial charge in [-0.25, -0.2) is 4.98 Å². The molecule has 1 unspecified atom stereocenters. The third-order valence-electron chi connectivity index (χ3n) is 5.16. The van der Waals surface area contributed by atoms with Gasteiger partial charge in [0.25, 0.3) is 5.91 Å². The quantitative estimate of drug-likeness (QED) is 0.707. The number of carbonyl (C=O) groups excluding carboxylic acids is 1. The fourth-order valence-corrected chi connectivity index (χ4v) is 3.37. The molecule has 3 aromatic heterocycles. The lowest BCUT2D eigenvalue weighted by Gasteiger charge is -2.32. The fourth-order valence-electron chi connectivity index (χ4n) is 3.37. The lowest BCUT2D eigenvalue weighted by Crippen LogP contribution is -2.42. The molecule has 1 fully saturated rings. The summed E-state index contributed by atoms with van der Waals surface area (Å²) in [6.45, 7) is 3.28. The van der Waals surface area contributed by atoms with Gasteiger partial charge in [0.1, 0.15) is 11.9 Å². The Morgan fingerprint density at radius 3 is 2.77 bits per heavy atom. The summed E-state index contributed by atoms with van der Waals surface area (Å²) < 4.78 is 9.09. The zero-order valence-corrected chi connectivity index (χ0v) is 17.2. The number of ether oxygens (including phenoxy) is 1. The highest BCUT2D eigenvalue weighted by Crippen LogP contribution is 2.24. The van der Waals surface area contributed by atoms with E-state index in [1.165, 1.54) is 10.6 Å². The highest BCUT2D eigenvalue weighted by molar-refractivity contribution is 5.94. The zero-order chi connectivity index (χ0) is 21.3. The minimum Gasteiger partial charge on any atom is -0.368 e. The van der Waals surface area contributed by atoms with Gasteiger partial charge in [-0.05, 0) is 25.1 Å². The van der Waals surface area contributed by atoms with Crippen LogP contribution in [0.1, 0.15) is 27.8 Å². The van der Waals surface area contributed by atoms with Crippen LogP contribution in [0.4, 0.5) is 11.6 Å². The van der Waals surface area contributed by atoms with Crippen molar-refractivity contribution >= 4 is 17.5 Å². The van der Waals surface area contributed by atoms with E-state index >= 15 is 0 Å². The number of morpholine rings is 1. The molecular weight excluding hydrogens is 384 g/mol. The molecule has 9 heteroatoms. The molecule has 1 atom stereocenters. The first-order chi connectivity index (χ1) is 14.4. The van der Waals surface area contributed by atoms with Crippen molar-refractivity contribution in [2.75, 3.05) is 25.0 Å². The van der Waals surface area contributed by atoms with Crippen molar-refractivity contribution < 1.29 is 9.53 Å². The van der Waals surface area contributed by atoms with E-state index in [0.29, 0.717) is 31.1 Å². The summed E-state index contributed by atoms with van der Waals surface area (Å²) >= 11 is 0. The summed E-state index contributed by atoms with van der Waals surface area (Å²) in [6.07, 6.45) is 1.23. The second-order valence-electron chi connectivity index (χ2n) is 7.34. The number of carbonyl (C=O) groups is 1. The zero-order valence-electron chi connectivity index (χ0n) is 17.2. The van der Waals surface area contributed by atoms with E-state index in [-0.39, 0.29) is 17.6 Å². The number of aromatic nitrogens is 4. The van der Waals surface area contributed by atoms with Crippen LogP contribution >= 0.6 is 0 Å². The number of aryl methyl sites for hydroxylation is 3. The Bertz CT molecular complexity index is 1120. The molecule has 0 saturated carbocycles. The fraction of sp³-hybridized carbons (Fsp3) is 0.333. The molecule has 0 spiro atoms. The van der Waals surface area contributed by atoms with Gasteiger partial charge in [0.05, 0.1) is 24.4 Å². The molecule has 0 aromatic carbocycles. The van der Waals surface area contributed by atoms with Crippen LogP contribution < -0.4 is 10.9 Å². The molecule has 0 aliphatic carbocycles. The molecule has 156 valence electrons. The molecule has 9 nitrogen and oxygen atoms in total. The number of hydrogen-bond donors (Lipinski definition) is 1. The Labute approximate surface area is 173 Å². The van der Waals surface area contributed by atoms with Gasteiger partial charge in [0, 0.05) is 44.7 Å². The number of hydrogen-bond acceptors (Lipinski definition) is 6. The van der Waals surface area contributed by atoms with E-state index in [1.54, 1.807) is 28.9 Å². The molecule has 3 aromatic rings. The molecule has 1 aliphatic rings. The largest absolute Gasteiger partial charge is 0.368 e. The number of pyridine rings is 2. The summed E-state index contributed by atoms with van der Waals surface area (Å²) in [5, 5.41) is 7.59. The van der Waals surface area contributed by atoms with Crippen LogP contribution in [0.15, 0.2) is 47.4 Å². The van der Waals surface area contributed by atoms with Gasteiger partial charge < -0.3 is 19.5 Å². The van der Waals surface area contributed by atoms with Gasteiger partial charge in [-0.1, -0.05) is 6.07 Å². The van der Waals surface area contributed by atoms with Crippen molar-refractivity contribution in [1.29, 1.82) is 0 Å². The molecule has 4 rings (SSSR count). The summed E-state index contributed by atoms with van der Waals surface area (Å²) in [6, 6.07) is 10.6. The van der Waals surface area contributed by atoms with Crippen LogP contribution in [0, 0.1) is 6.92 Å². The predicted octanol–water partition coefficient (Wildman–Crippen LogP) is 1.78. The second-order valence-corrected chi connectivity index (χ2v) is 7.34. The first-order valence-electron chi connectivity index (χ1n) is 9.73. The Hall–Kier alpha value is -3.46. The van der Waals surface area contributed by atoms with Crippen LogP contribution in [-0.4, -0.2) is 49.8 Å². The molecule has 0 bridgehead atoms. The smallest absolute Gasteiger partial charge is 0.255 e. The Kier molecular flexibility index (Phi) is 5.37. The first kappa shape index (κ1) is 19.8. The summed E-state index contributed by atoms with van der Waals surface area (Å²) in [5.74, 6) is 1.25. The van der Waals surface area contributed by atoms with Gasteiger partial charge in [-0.15, -0.1) is 0 Å². The highest BCUT2D eigenvalue weighted by Gasteiger charge is 2.27. The molecule has 1 aliphatic heterocycles. The van der Waals surface area contributed by atoms with Crippen molar-refractivity contribution in [2.45, 2.75) is 13.0 Å². The van der Waals surface area contributed by atoms with Crippen LogP contribution in [0.25, 0.3) is 0 Å². The number of anilines is 2. The second kappa shape index (κ2) is 8.11. The molecular formula is C21H24N6O3. The summed E-state index contributed by atoms with van der Waals surface area (Å²) in [4.78, 5) is 30.9. The van der Waals surface area contributed by atoms with Crippen LogP contribution in [-0.2, 0) is 18.8 Å². The maximum atomic E-state index is 12.9. The van der Waals surface area contributed by atoms with Crippen LogP contribution in [0.5, 0.6) is 0 Å². The van der Waals surface area contributed by atoms with Crippen molar-refractivity contribution in [1.82, 2.24) is 24.2 Å². The number of nitrogens with zero attached hydrogens (tertiary/aromatic N) is 5. The van der Waals surface area contributed by atoms with E-state index < -0.39 is 0 Å². The maximum absolute atomic E-state index is 12.9. The van der Waals surface area contributed by atoms with Crippen LogP contribution in [0.3, 0.4) is 0 Å². The molecule has 30 heavy (non-hydrogen) atoms. The third kappa shape index (κ3) is 4.11. The minimum atomic E-state index is -0.331. The Balaban J connectivity index is 1.49. The van der Waals surface area contributed by atoms with E-state index in [4.69, 9.17) is 4.74 Å². The maximum Gasteiger partial charge on any atom is 0.255 e. The first-order valence-corrected chi connectivity index (χ1v) is 9.73. The Morgan fingerprint density at radius 2 is 2.03 bits per heavy atom. The third-order valence-corrected chi connectivity index (χ3v) is 5.16. The van der Waals surface area contributed by atoms with Crippen molar-refractivity contribution in [3.05, 3.63) is 69.9 Å². The van der Waals surface area contributed by atoms with Gasteiger partial charge in [-0.2, -0.15) is 5.10 Å². The average molecular weight is 408 g/mol. The SMILES string of the molecule is Cc1cc(Nc2cccc(C3CN(C(=O)c4ccc(=O)n(C)c4)CCO3)n2)nn1C. The van der Waals surface area contributed by atoms with Gasteiger partial charge >= 0.3 is 0 Å². The Morgan fingerprint density at radius 1 is 1.20 bits per heavy atom. The van der Waals surface area contributed by atoms with Gasteiger partial charge in [-0.3, -0.25) is 14.3 Å². The van der Waals surface area contributed by atoms with Crippen LogP contribution in [0.2, 0.25) is 0 Å². The van der Waals surface area contributed by atoms with Crippen molar-refractivity contribution in [2.24, 2.45) is 14.1 Å². The van der Waals surface area contributed by atoms with E-state index in [1.807, 2.05) is 38.2 Å². The average Bonchev–Trinajstić information content (AvgIpc) is 3.06. The summed E-state index contributed by atoms with van der Waals surface area (Å²) in [5.41, 5.74) is 2.11. The lowest BCUT2D eigenvalue weighted by atomic mass is 10.1. The summed E-state index contributed by atoms with van der Waals surface area (Å²) in [7, 11) is 3.52. The molecule has 1 N–H and O–H groups in total.